The Bertz CT molecular complexity index is 487. The Hall–Kier alpha value is -1.39. The number of hydrogen-bond donors (Lipinski definition) is 1. The molecule has 2 rings (SSSR count). The van der Waals surface area contributed by atoms with Gasteiger partial charge in [0.05, 0.1) is 19.1 Å². The summed E-state index contributed by atoms with van der Waals surface area (Å²) in [4.78, 5) is 13.1. The van der Waals surface area contributed by atoms with Crippen molar-refractivity contribution in [3.05, 3.63) is 34.9 Å². The maximum absolute atomic E-state index is 10.8. The predicted molar refractivity (Wildman–Crippen MR) is 77.9 cm³/mol. The number of rotatable bonds is 4. The van der Waals surface area contributed by atoms with Crippen LogP contribution >= 0.6 is 0 Å². The van der Waals surface area contributed by atoms with Crippen LogP contribution in [-0.4, -0.2) is 41.8 Å². The first kappa shape index (κ1) is 15.0. The first-order chi connectivity index (χ1) is 9.47. The molecule has 0 radical (unpaired) electrons. The maximum Gasteiger partial charge on any atom is 0.306 e. The average molecular weight is 277 g/mol. The molecule has 0 amide bonds. The van der Waals surface area contributed by atoms with Gasteiger partial charge < -0.3 is 9.84 Å². The Labute approximate surface area is 120 Å². The first-order valence-corrected chi connectivity index (χ1v) is 7.12. The van der Waals surface area contributed by atoms with Crippen molar-refractivity contribution >= 4 is 5.97 Å². The number of aliphatic carboxylic acids is 1. The Morgan fingerprint density at radius 3 is 2.85 bits per heavy atom. The summed E-state index contributed by atoms with van der Waals surface area (Å²) in [6, 6.07) is 6.82. The van der Waals surface area contributed by atoms with Crippen molar-refractivity contribution in [3.63, 3.8) is 0 Å². The zero-order valence-corrected chi connectivity index (χ0v) is 12.4. The topological polar surface area (TPSA) is 49.8 Å². The minimum absolute atomic E-state index is 0.0795. The molecule has 1 fully saturated rings. The van der Waals surface area contributed by atoms with Crippen molar-refractivity contribution in [2.24, 2.45) is 0 Å². The van der Waals surface area contributed by atoms with Gasteiger partial charge in [0.25, 0.3) is 0 Å². The third-order valence-corrected chi connectivity index (χ3v) is 4.13. The van der Waals surface area contributed by atoms with Gasteiger partial charge in [0.15, 0.2) is 0 Å². The molecular weight excluding hydrogens is 254 g/mol. The van der Waals surface area contributed by atoms with E-state index in [1.54, 1.807) is 0 Å². The number of hydrogen-bond acceptors (Lipinski definition) is 3. The van der Waals surface area contributed by atoms with Gasteiger partial charge in [-0.15, -0.1) is 0 Å². The van der Waals surface area contributed by atoms with Crippen LogP contribution in [0.3, 0.4) is 0 Å². The second-order valence-electron chi connectivity index (χ2n) is 5.61. The number of ether oxygens (including phenoxy) is 1. The monoisotopic (exact) mass is 277 g/mol. The lowest BCUT2D eigenvalue weighted by Crippen LogP contribution is -2.44. The minimum atomic E-state index is -0.796. The van der Waals surface area contributed by atoms with E-state index in [1.165, 1.54) is 16.7 Å². The van der Waals surface area contributed by atoms with Crippen LogP contribution < -0.4 is 0 Å². The summed E-state index contributed by atoms with van der Waals surface area (Å²) in [7, 11) is 0. The van der Waals surface area contributed by atoms with E-state index < -0.39 is 5.97 Å². The molecule has 4 nitrogen and oxygen atoms in total. The van der Waals surface area contributed by atoms with Crippen LogP contribution in [-0.2, 0) is 9.53 Å². The molecule has 2 atom stereocenters. The highest BCUT2D eigenvalue weighted by Gasteiger charge is 2.26. The van der Waals surface area contributed by atoms with Crippen molar-refractivity contribution in [3.8, 4) is 0 Å². The highest BCUT2D eigenvalue weighted by atomic mass is 16.5. The van der Waals surface area contributed by atoms with Crippen LogP contribution in [0.4, 0.5) is 0 Å². The SMILES string of the molecule is Cc1ccc(C(C)N2CCOC(CC(=O)O)C2)cc1C. The standard InChI is InChI=1S/C16H23NO3/c1-11-4-5-14(8-12(11)2)13(3)17-6-7-20-15(10-17)9-16(18)19/h4-5,8,13,15H,6-7,9-10H2,1-3H3,(H,18,19). The van der Waals surface area contributed by atoms with Crippen molar-refractivity contribution in [2.75, 3.05) is 19.7 Å². The van der Waals surface area contributed by atoms with Gasteiger partial charge in [0.1, 0.15) is 0 Å². The summed E-state index contributed by atoms with van der Waals surface area (Å²) in [6.07, 6.45) is -0.119. The van der Waals surface area contributed by atoms with E-state index in [0.29, 0.717) is 13.2 Å². The van der Waals surface area contributed by atoms with Crippen LogP contribution in [0.2, 0.25) is 0 Å². The normalized spacial score (nSPS) is 21.6. The van der Waals surface area contributed by atoms with E-state index in [-0.39, 0.29) is 18.6 Å². The van der Waals surface area contributed by atoms with Crippen LogP contribution in [0.25, 0.3) is 0 Å². The number of aryl methyl sites for hydroxylation is 2. The Balaban J connectivity index is 2.05. The molecule has 2 unspecified atom stereocenters. The molecule has 20 heavy (non-hydrogen) atoms. The molecule has 1 aliphatic heterocycles. The van der Waals surface area contributed by atoms with Gasteiger partial charge in [-0.05, 0) is 37.5 Å². The first-order valence-electron chi connectivity index (χ1n) is 7.12. The zero-order valence-electron chi connectivity index (χ0n) is 12.4. The molecule has 1 aromatic carbocycles. The Kier molecular flexibility index (Phi) is 4.78. The molecule has 4 heteroatoms. The molecule has 0 saturated carbocycles. The zero-order chi connectivity index (χ0) is 14.7. The molecule has 1 heterocycles. The molecule has 110 valence electrons. The molecule has 0 aliphatic carbocycles. The summed E-state index contributed by atoms with van der Waals surface area (Å²) < 4.78 is 5.53. The predicted octanol–water partition coefficient (Wildman–Crippen LogP) is 2.54. The molecule has 0 spiro atoms. The summed E-state index contributed by atoms with van der Waals surface area (Å²) in [5, 5.41) is 8.88. The second kappa shape index (κ2) is 6.37. The van der Waals surface area contributed by atoms with Gasteiger partial charge in [0, 0.05) is 19.1 Å². The Morgan fingerprint density at radius 2 is 2.20 bits per heavy atom. The number of benzene rings is 1. The third kappa shape index (κ3) is 3.58. The fourth-order valence-corrected chi connectivity index (χ4v) is 2.65. The number of carboxylic acid groups (broad SMARTS) is 1. The summed E-state index contributed by atoms with van der Waals surface area (Å²) in [5.74, 6) is -0.796. The van der Waals surface area contributed by atoms with Crippen molar-refractivity contribution in [1.82, 2.24) is 4.90 Å². The molecule has 1 aromatic rings. The van der Waals surface area contributed by atoms with E-state index in [4.69, 9.17) is 9.84 Å². The van der Waals surface area contributed by atoms with Crippen molar-refractivity contribution in [2.45, 2.75) is 39.3 Å². The third-order valence-electron chi connectivity index (χ3n) is 4.13. The smallest absolute Gasteiger partial charge is 0.306 e. The Morgan fingerprint density at radius 1 is 1.45 bits per heavy atom. The second-order valence-corrected chi connectivity index (χ2v) is 5.61. The van der Waals surface area contributed by atoms with Crippen molar-refractivity contribution in [1.29, 1.82) is 0 Å². The quantitative estimate of drug-likeness (QED) is 0.919. The lowest BCUT2D eigenvalue weighted by Gasteiger charge is -2.36. The van der Waals surface area contributed by atoms with Gasteiger partial charge in [-0.25, -0.2) is 0 Å². The summed E-state index contributed by atoms with van der Waals surface area (Å²) in [6.45, 7) is 8.55. The van der Waals surface area contributed by atoms with E-state index in [2.05, 4.69) is 43.9 Å². The van der Waals surface area contributed by atoms with Gasteiger partial charge in [-0.1, -0.05) is 18.2 Å². The number of morpholine rings is 1. The number of carbonyl (C=O) groups is 1. The van der Waals surface area contributed by atoms with Crippen LogP contribution in [0.15, 0.2) is 18.2 Å². The summed E-state index contributed by atoms with van der Waals surface area (Å²) >= 11 is 0. The fraction of sp³-hybridized carbons (Fsp3) is 0.562. The number of nitrogens with zero attached hydrogens (tertiary/aromatic N) is 1. The minimum Gasteiger partial charge on any atom is -0.481 e. The van der Waals surface area contributed by atoms with Crippen molar-refractivity contribution < 1.29 is 14.6 Å². The van der Waals surface area contributed by atoms with Gasteiger partial charge in [-0.2, -0.15) is 0 Å². The lowest BCUT2D eigenvalue weighted by atomic mass is 10.0. The molecular formula is C16H23NO3. The average Bonchev–Trinajstić information content (AvgIpc) is 2.40. The van der Waals surface area contributed by atoms with Gasteiger partial charge in [-0.3, -0.25) is 9.69 Å². The van der Waals surface area contributed by atoms with Crippen LogP contribution in [0, 0.1) is 13.8 Å². The van der Waals surface area contributed by atoms with E-state index in [9.17, 15) is 4.79 Å². The van der Waals surface area contributed by atoms with E-state index in [0.717, 1.165) is 6.54 Å². The number of carboxylic acids is 1. The van der Waals surface area contributed by atoms with Crippen LogP contribution in [0.1, 0.15) is 36.1 Å². The lowest BCUT2D eigenvalue weighted by molar-refractivity contribution is -0.142. The van der Waals surface area contributed by atoms with E-state index in [1.807, 2.05) is 0 Å². The molecule has 1 saturated heterocycles. The maximum atomic E-state index is 10.8. The molecule has 0 aromatic heterocycles. The van der Waals surface area contributed by atoms with E-state index >= 15 is 0 Å². The van der Waals surface area contributed by atoms with Crippen LogP contribution in [0.5, 0.6) is 0 Å². The van der Waals surface area contributed by atoms with Gasteiger partial charge in [0.2, 0.25) is 0 Å². The molecule has 0 bridgehead atoms. The molecule has 1 N–H and O–H groups in total. The fourth-order valence-electron chi connectivity index (χ4n) is 2.65. The highest BCUT2D eigenvalue weighted by Crippen LogP contribution is 2.25. The highest BCUT2D eigenvalue weighted by molar-refractivity contribution is 5.67. The van der Waals surface area contributed by atoms with Gasteiger partial charge >= 0.3 is 5.97 Å². The summed E-state index contributed by atoms with van der Waals surface area (Å²) in [5.41, 5.74) is 3.88. The molecule has 1 aliphatic rings. The largest absolute Gasteiger partial charge is 0.481 e.